The Balaban J connectivity index is 1.15. The Labute approximate surface area is 216 Å². The lowest BCUT2D eigenvalue weighted by atomic mass is 9.95. The summed E-state index contributed by atoms with van der Waals surface area (Å²) in [6.07, 6.45) is 13.8. The molecule has 3 aromatic rings. The van der Waals surface area contributed by atoms with E-state index in [4.69, 9.17) is 9.84 Å². The molecule has 1 fully saturated rings. The second-order valence-electron chi connectivity index (χ2n) is 9.70. The van der Waals surface area contributed by atoms with E-state index < -0.39 is 0 Å². The molecule has 0 bridgehead atoms. The average Bonchev–Trinajstić information content (AvgIpc) is 3.60. The lowest BCUT2D eigenvalue weighted by molar-refractivity contribution is -0.128. The van der Waals surface area contributed by atoms with Gasteiger partial charge in [0.25, 0.3) is 11.8 Å². The van der Waals surface area contributed by atoms with Crippen LogP contribution in [0.1, 0.15) is 41.2 Å². The van der Waals surface area contributed by atoms with Gasteiger partial charge in [-0.05, 0) is 49.8 Å². The Hall–Kier alpha value is -3.79. The number of benzene rings is 1. The van der Waals surface area contributed by atoms with Crippen LogP contribution in [0.4, 0.5) is 0 Å². The molecule has 2 aromatic heterocycles. The van der Waals surface area contributed by atoms with E-state index in [1.807, 2.05) is 53.1 Å². The van der Waals surface area contributed by atoms with Crippen molar-refractivity contribution in [2.45, 2.75) is 38.8 Å². The fourth-order valence-electron chi connectivity index (χ4n) is 5.10. The number of hydrogen-bond acceptors (Lipinski definition) is 6. The summed E-state index contributed by atoms with van der Waals surface area (Å²) < 4.78 is 8.80. The maximum absolute atomic E-state index is 13.1. The molecule has 10 nitrogen and oxygen atoms in total. The molecule has 1 aliphatic carbocycles. The number of allylic oxidation sites excluding steroid dienone is 2. The maximum atomic E-state index is 13.1. The van der Waals surface area contributed by atoms with Gasteiger partial charge in [-0.25, -0.2) is 9.67 Å². The smallest absolute Gasteiger partial charge is 0.253 e. The molecule has 37 heavy (non-hydrogen) atoms. The van der Waals surface area contributed by atoms with Crippen molar-refractivity contribution >= 4 is 22.7 Å². The first-order valence-corrected chi connectivity index (χ1v) is 12.8. The second-order valence-corrected chi connectivity index (χ2v) is 9.70. The largest absolute Gasteiger partial charge is 0.383 e. The van der Waals surface area contributed by atoms with Crippen LogP contribution in [0.2, 0.25) is 0 Å². The highest BCUT2D eigenvalue weighted by Gasteiger charge is 2.26. The van der Waals surface area contributed by atoms with Crippen molar-refractivity contribution in [1.29, 1.82) is 0 Å². The number of fused-ring (bicyclic) bond motifs is 1. The van der Waals surface area contributed by atoms with Crippen molar-refractivity contribution in [3.05, 3.63) is 65.9 Å². The van der Waals surface area contributed by atoms with Crippen molar-refractivity contribution in [2.24, 2.45) is 5.92 Å². The molecule has 2 amide bonds. The highest BCUT2D eigenvalue weighted by atomic mass is 16.5. The standard InChI is InChI=1S/C27H33N7O3/c1-19-23(26(35)29-11-14-37-2)7-8-25-24(19)16-33(31-25)15-20-9-12-32(13-10-20)27(36)21-3-5-22(6-4-21)34-18-28-17-30-34/h3-5,7-8,16-18,20,22H,6,9-15H2,1-2H3,(H,29,35). The number of methoxy groups -OCH3 is 1. The number of carbonyl (C=O) groups is 2. The van der Waals surface area contributed by atoms with Crippen LogP contribution in [-0.4, -0.2) is 74.6 Å². The molecule has 1 unspecified atom stereocenters. The van der Waals surface area contributed by atoms with Gasteiger partial charge in [0.2, 0.25) is 0 Å². The summed E-state index contributed by atoms with van der Waals surface area (Å²) in [5, 5.41) is 12.8. The predicted octanol–water partition coefficient (Wildman–Crippen LogP) is 2.68. The SMILES string of the molecule is COCCNC(=O)c1ccc2nn(CC3CCN(C(=O)C4=CCC(n5cncn5)C=C4)CC3)cc2c1C. The van der Waals surface area contributed by atoms with Crippen molar-refractivity contribution in [1.82, 2.24) is 34.8 Å². The van der Waals surface area contributed by atoms with E-state index in [9.17, 15) is 9.59 Å². The number of ether oxygens (including phenoxy) is 1. The highest BCUT2D eigenvalue weighted by Crippen LogP contribution is 2.26. The van der Waals surface area contributed by atoms with Crippen LogP contribution in [0.3, 0.4) is 0 Å². The molecular formula is C27H33N7O3. The van der Waals surface area contributed by atoms with Crippen molar-refractivity contribution in [3.8, 4) is 0 Å². The maximum Gasteiger partial charge on any atom is 0.253 e. The number of piperidine rings is 1. The minimum atomic E-state index is -0.0990. The number of aryl methyl sites for hydroxylation is 1. The Bertz CT molecular complexity index is 1320. The Morgan fingerprint density at radius 1 is 1.22 bits per heavy atom. The van der Waals surface area contributed by atoms with Gasteiger partial charge in [0.1, 0.15) is 12.7 Å². The van der Waals surface area contributed by atoms with Crippen LogP contribution in [-0.2, 0) is 16.1 Å². The summed E-state index contributed by atoms with van der Waals surface area (Å²) in [7, 11) is 1.61. The fourth-order valence-corrected chi connectivity index (χ4v) is 5.10. The van der Waals surface area contributed by atoms with Crippen molar-refractivity contribution < 1.29 is 14.3 Å². The van der Waals surface area contributed by atoms with Gasteiger partial charge in [-0.1, -0.05) is 18.2 Å². The molecule has 2 aliphatic rings. The first-order valence-electron chi connectivity index (χ1n) is 12.8. The lowest BCUT2D eigenvalue weighted by Crippen LogP contribution is -2.40. The summed E-state index contributed by atoms with van der Waals surface area (Å²) in [6.45, 7) is 5.21. The normalized spacial score (nSPS) is 18.3. The van der Waals surface area contributed by atoms with Gasteiger partial charge in [-0.3, -0.25) is 14.3 Å². The fraction of sp³-hybridized carbons (Fsp3) is 0.444. The molecule has 1 N–H and O–H groups in total. The summed E-state index contributed by atoms with van der Waals surface area (Å²) in [5.41, 5.74) is 3.23. The monoisotopic (exact) mass is 503 g/mol. The molecule has 1 aromatic carbocycles. The number of likely N-dealkylation sites (tertiary alicyclic amines) is 1. The van der Waals surface area contributed by atoms with E-state index in [0.717, 1.165) is 60.9 Å². The van der Waals surface area contributed by atoms with Crippen LogP contribution in [0.5, 0.6) is 0 Å². The minimum Gasteiger partial charge on any atom is -0.383 e. The molecule has 1 atom stereocenters. The molecule has 0 saturated carbocycles. The van der Waals surface area contributed by atoms with E-state index in [0.29, 0.717) is 24.6 Å². The first kappa shape index (κ1) is 24.9. The first-order chi connectivity index (χ1) is 18.0. The number of rotatable bonds is 8. The van der Waals surface area contributed by atoms with Crippen LogP contribution in [0.15, 0.2) is 54.8 Å². The number of nitrogens with one attached hydrogen (secondary N) is 1. The summed E-state index contributed by atoms with van der Waals surface area (Å²) in [5.74, 6) is 0.449. The summed E-state index contributed by atoms with van der Waals surface area (Å²) in [6, 6.07) is 3.85. The molecule has 10 heteroatoms. The Morgan fingerprint density at radius 3 is 2.76 bits per heavy atom. The zero-order valence-corrected chi connectivity index (χ0v) is 21.3. The van der Waals surface area contributed by atoms with Gasteiger partial charge in [-0.2, -0.15) is 10.2 Å². The Morgan fingerprint density at radius 2 is 2.05 bits per heavy atom. The zero-order valence-electron chi connectivity index (χ0n) is 21.3. The molecular weight excluding hydrogens is 470 g/mol. The van der Waals surface area contributed by atoms with Gasteiger partial charge < -0.3 is 15.0 Å². The summed E-state index contributed by atoms with van der Waals surface area (Å²) in [4.78, 5) is 31.5. The van der Waals surface area contributed by atoms with Crippen LogP contribution < -0.4 is 5.32 Å². The Kier molecular flexibility index (Phi) is 7.45. The molecule has 3 heterocycles. The van der Waals surface area contributed by atoms with E-state index in [2.05, 4.69) is 15.4 Å². The number of hydrogen-bond donors (Lipinski definition) is 1. The number of aromatic nitrogens is 5. The third kappa shape index (κ3) is 5.48. The zero-order chi connectivity index (χ0) is 25.8. The number of amides is 2. The molecule has 1 aliphatic heterocycles. The van der Waals surface area contributed by atoms with E-state index >= 15 is 0 Å². The quantitative estimate of drug-likeness (QED) is 0.474. The minimum absolute atomic E-state index is 0.0990. The van der Waals surface area contributed by atoms with Gasteiger partial charge in [-0.15, -0.1) is 0 Å². The van der Waals surface area contributed by atoms with E-state index in [-0.39, 0.29) is 17.9 Å². The van der Waals surface area contributed by atoms with Gasteiger partial charge in [0.05, 0.1) is 18.2 Å². The average molecular weight is 504 g/mol. The number of carbonyl (C=O) groups excluding carboxylic acids is 2. The summed E-state index contributed by atoms with van der Waals surface area (Å²) >= 11 is 0. The third-order valence-corrected chi connectivity index (χ3v) is 7.29. The lowest BCUT2D eigenvalue weighted by Gasteiger charge is -2.32. The highest BCUT2D eigenvalue weighted by molar-refractivity contribution is 6.00. The van der Waals surface area contributed by atoms with Crippen LogP contribution >= 0.6 is 0 Å². The molecule has 194 valence electrons. The van der Waals surface area contributed by atoms with Crippen molar-refractivity contribution in [3.63, 3.8) is 0 Å². The van der Waals surface area contributed by atoms with Gasteiger partial charge >= 0.3 is 0 Å². The molecule has 5 rings (SSSR count). The molecule has 1 saturated heterocycles. The molecule has 0 radical (unpaired) electrons. The van der Waals surface area contributed by atoms with Gasteiger partial charge in [0.15, 0.2) is 0 Å². The van der Waals surface area contributed by atoms with Crippen molar-refractivity contribution in [2.75, 3.05) is 33.4 Å². The second kappa shape index (κ2) is 11.1. The van der Waals surface area contributed by atoms with Gasteiger partial charge in [0, 0.05) is 56.0 Å². The number of nitrogens with zero attached hydrogens (tertiary/aromatic N) is 6. The van der Waals surface area contributed by atoms with E-state index in [1.54, 1.807) is 18.1 Å². The predicted molar refractivity (Wildman–Crippen MR) is 139 cm³/mol. The topological polar surface area (TPSA) is 107 Å². The molecule has 0 spiro atoms. The third-order valence-electron chi connectivity index (χ3n) is 7.29. The van der Waals surface area contributed by atoms with Crippen LogP contribution in [0.25, 0.3) is 10.9 Å². The van der Waals surface area contributed by atoms with E-state index in [1.165, 1.54) is 6.33 Å². The van der Waals surface area contributed by atoms with Crippen LogP contribution in [0, 0.1) is 12.8 Å².